The molecule has 2 aromatic carbocycles. The maximum absolute atomic E-state index is 12.8. The Hall–Kier alpha value is -3.86. The summed E-state index contributed by atoms with van der Waals surface area (Å²) in [5.74, 6) is 2.44. The minimum atomic E-state index is -0.460. The molecule has 10 nitrogen and oxygen atoms in total. The fourth-order valence-corrected chi connectivity index (χ4v) is 4.76. The summed E-state index contributed by atoms with van der Waals surface area (Å²) in [6.07, 6.45) is 6.13. The number of anilines is 2. The van der Waals surface area contributed by atoms with Crippen LogP contribution in [0.5, 0.6) is 11.5 Å². The molecule has 0 saturated carbocycles. The Morgan fingerprint density at radius 3 is 2.65 bits per heavy atom. The Kier molecular flexibility index (Phi) is 9.46. The van der Waals surface area contributed by atoms with Crippen molar-refractivity contribution in [1.82, 2.24) is 25.1 Å². The molecule has 2 aromatic heterocycles. The van der Waals surface area contributed by atoms with Crippen molar-refractivity contribution in [3.63, 3.8) is 0 Å². The second-order valence-electron chi connectivity index (χ2n) is 9.96. The number of benzene rings is 2. The highest BCUT2D eigenvalue weighted by molar-refractivity contribution is 9.10. The van der Waals surface area contributed by atoms with Gasteiger partial charge in [0.1, 0.15) is 17.3 Å². The predicted molar refractivity (Wildman–Crippen MR) is 161 cm³/mol. The number of aromatic nitrogens is 4. The molecule has 40 heavy (non-hydrogen) atoms. The quantitative estimate of drug-likeness (QED) is 0.181. The standard InChI is InChI=1S/C29H36BrN7O3/c1-6-7-12-29(2,18-32-27(38)20-16-33-37(3)17-20)36-26-23-11-9-21(30)13-24(23)34-28(35-26)31-15-19-8-10-22(39-4)14-25(19)40-5/h8-11,13-14,16-17H,6-7,12,15,18H2,1-5H3,(H,32,38)(H2,31,34,35,36)/t29-/m1/s1. The van der Waals surface area contributed by atoms with Crippen LogP contribution in [0.15, 0.2) is 53.3 Å². The maximum atomic E-state index is 12.8. The van der Waals surface area contributed by atoms with E-state index in [1.165, 1.54) is 0 Å². The number of ether oxygens (including phenoxy) is 2. The second kappa shape index (κ2) is 13.0. The van der Waals surface area contributed by atoms with Gasteiger partial charge in [0.15, 0.2) is 0 Å². The highest BCUT2D eigenvalue weighted by atomic mass is 79.9. The largest absolute Gasteiger partial charge is 0.497 e. The lowest BCUT2D eigenvalue weighted by Crippen LogP contribution is -2.46. The van der Waals surface area contributed by atoms with Crippen LogP contribution in [0.4, 0.5) is 11.8 Å². The first-order valence-electron chi connectivity index (χ1n) is 13.2. The molecule has 2 heterocycles. The highest BCUT2D eigenvalue weighted by Gasteiger charge is 2.27. The van der Waals surface area contributed by atoms with Gasteiger partial charge in [0.05, 0.1) is 37.0 Å². The van der Waals surface area contributed by atoms with Crippen molar-refractivity contribution >= 4 is 44.5 Å². The van der Waals surface area contributed by atoms with Gasteiger partial charge in [-0.15, -0.1) is 0 Å². The molecule has 0 spiro atoms. The van der Waals surface area contributed by atoms with Crippen LogP contribution in [0, 0.1) is 0 Å². The molecule has 0 aliphatic rings. The van der Waals surface area contributed by atoms with Crippen molar-refractivity contribution in [1.29, 1.82) is 0 Å². The normalized spacial score (nSPS) is 12.6. The average molecular weight is 611 g/mol. The van der Waals surface area contributed by atoms with Crippen molar-refractivity contribution in [2.45, 2.75) is 45.2 Å². The van der Waals surface area contributed by atoms with Gasteiger partial charge in [-0.05, 0) is 43.7 Å². The van der Waals surface area contributed by atoms with Gasteiger partial charge in [0.2, 0.25) is 5.95 Å². The zero-order chi connectivity index (χ0) is 28.7. The number of aryl methyl sites for hydroxylation is 1. The fourth-order valence-electron chi connectivity index (χ4n) is 4.41. The number of carbonyl (C=O) groups is 1. The zero-order valence-corrected chi connectivity index (χ0v) is 25.1. The first kappa shape index (κ1) is 29.1. The van der Waals surface area contributed by atoms with E-state index in [9.17, 15) is 4.79 Å². The molecule has 0 bridgehead atoms. The van der Waals surface area contributed by atoms with Crippen molar-refractivity contribution in [2.24, 2.45) is 7.05 Å². The average Bonchev–Trinajstić information content (AvgIpc) is 3.39. The lowest BCUT2D eigenvalue weighted by Gasteiger charge is -2.32. The van der Waals surface area contributed by atoms with Gasteiger partial charge in [0.25, 0.3) is 5.91 Å². The third-order valence-electron chi connectivity index (χ3n) is 6.70. The van der Waals surface area contributed by atoms with Crippen LogP contribution in [-0.2, 0) is 13.6 Å². The first-order valence-corrected chi connectivity index (χ1v) is 14.0. The number of methoxy groups -OCH3 is 2. The van der Waals surface area contributed by atoms with Crippen LogP contribution in [0.1, 0.15) is 49.0 Å². The predicted octanol–water partition coefficient (Wildman–Crippen LogP) is 5.55. The number of hydrogen-bond acceptors (Lipinski definition) is 8. The number of unbranched alkanes of at least 4 members (excludes halogenated alkanes) is 1. The van der Waals surface area contributed by atoms with Crippen LogP contribution < -0.4 is 25.4 Å². The molecule has 0 radical (unpaired) electrons. The van der Waals surface area contributed by atoms with Crippen LogP contribution in [0.3, 0.4) is 0 Å². The Morgan fingerprint density at radius 1 is 1.12 bits per heavy atom. The molecule has 0 unspecified atom stereocenters. The minimum Gasteiger partial charge on any atom is -0.497 e. The van der Waals surface area contributed by atoms with Gasteiger partial charge in [-0.3, -0.25) is 9.48 Å². The molecule has 0 aliphatic carbocycles. The summed E-state index contributed by atoms with van der Waals surface area (Å²) in [5, 5.41) is 15.1. The molecule has 0 fully saturated rings. The van der Waals surface area contributed by atoms with Crippen molar-refractivity contribution < 1.29 is 14.3 Å². The van der Waals surface area contributed by atoms with Gasteiger partial charge >= 0.3 is 0 Å². The van der Waals surface area contributed by atoms with Gasteiger partial charge in [-0.25, -0.2) is 4.98 Å². The number of rotatable bonds is 13. The van der Waals surface area contributed by atoms with Crippen molar-refractivity contribution in [3.8, 4) is 11.5 Å². The number of amides is 1. The van der Waals surface area contributed by atoms with Crippen molar-refractivity contribution in [2.75, 3.05) is 31.4 Å². The van der Waals surface area contributed by atoms with E-state index >= 15 is 0 Å². The van der Waals surface area contributed by atoms with E-state index in [2.05, 4.69) is 50.8 Å². The van der Waals surface area contributed by atoms with Gasteiger partial charge in [-0.2, -0.15) is 10.1 Å². The van der Waals surface area contributed by atoms with Gasteiger partial charge < -0.3 is 25.4 Å². The molecule has 11 heteroatoms. The van der Waals surface area contributed by atoms with Crippen LogP contribution in [-0.4, -0.2) is 52.0 Å². The van der Waals surface area contributed by atoms with Crippen molar-refractivity contribution in [3.05, 3.63) is 64.4 Å². The number of carbonyl (C=O) groups excluding carboxylic acids is 1. The lowest BCUT2D eigenvalue weighted by molar-refractivity contribution is 0.0945. The number of hydrogen-bond donors (Lipinski definition) is 3. The third-order valence-corrected chi connectivity index (χ3v) is 7.19. The molecule has 1 amide bonds. The van der Waals surface area contributed by atoms with Gasteiger partial charge in [0, 0.05) is 47.8 Å². The Bertz CT molecular complexity index is 1480. The fraction of sp³-hybridized carbons (Fsp3) is 0.379. The first-order chi connectivity index (χ1) is 19.2. The Labute approximate surface area is 243 Å². The molecular formula is C29H36BrN7O3. The van der Waals surface area contributed by atoms with E-state index in [0.717, 1.165) is 46.0 Å². The zero-order valence-electron chi connectivity index (χ0n) is 23.5. The van der Waals surface area contributed by atoms with E-state index < -0.39 is 5.54 Å². The molecular weight excluding hydrogens is 574 g/mol. The summed E-state index contributed by atoms with van der Waals surface area (Å²) in [5.41, 5.74) is 1.80. The van der Waals surface area contributed by atoms with Crippen LogP contribution in [0.2, 0.25) is 0 Å². The minimum absolute atomic E-state index is 0.162. The maximum Gasteiger partial charge on any atom is 0.254 e. The summed E-state index contributed by atoms with van der Waals surface area (Å²) in [6.45, 7) is 5.13. The van der Waals surface area contributed by atoms with E-state index in [1.807, 2.05) is 36.4 Å². The monoisotopic (exact) mass is 609 g/mol. The van der Waals surface area contributed by atoms with E-state index in [0.29, 0.717) is 36.2 Å². The number of nitrogens with one attached hydrogen (secondary N) is 3. The van der Waals surface area contributed by atoms with Crippen LogP contribution in [0.25, 0.3) is 10.9 Å². The Balaban J connectivity index is 1.61. The lowest BCUT2D eigenvalue weighted by atomic mass is 9.94. The second-order valence-corrected chi connectivity index (χ2v) is 10.9. The van der Waals surface area contributed by atoms with Gasteiger partial charge in [-0.1, -0.05) is 35.7 Å². The number of nitrogens with zero attached hydrogens (tertiary/aromatic N) is 4. The SMILES string of the molecule is CCCC[C@](C)(CNC(=O)c1cnn(C)c1)Nc1nc(NCc2ccc(OC)cc2OC)nc2cc(Br)ccc12. The highest BCUT2D eigenvalue weighted by Crippen LogP contribution is 2.30. The number of halogens is 1. The smallest absolute Gasteiger partial charge is 0.254 e. The molecule has 4 aromatic rings. The molecule has 212 valence electrons. The Morgan fingerprint density at radius 2 is 1.95 bits per heavy atom. The summed E-state index contributed by atoms with van der Waals surface area (Å²) in [7, 11) is 5.05. The topological polar surface area (TPSA) is 115 Å². The van der Waals surface area contributed by atoms with E-state index in [1.54, 1.807) is 38.3 Å². The summed E-state index contributed by atoms with van der Waals surface area (Å²) in [4.78, 5) is 22.4. The third kappa shape index (κ3) is 7.20. The summed E-state index contributed by atoms with van der Waals surface area (Å²) in [6, 6.07) is 11.6. The van der Waals surface area contributed by atoms with E-state index in [-0.39, 0.29) is 5.91 Å². The summed E-state index contributed by atoms with van der Waals surface area (Å²) < 4.78 is 13.4. The molecule has 1 atom stereocenters. The van der Waals surface area contributed by atoms with Crippen LogP contribution >= 0.6 is 15.9 Å². The molecule has 0 aliphatic heterocycles. The van der Waals surface area contributed by atoms with E-state index in [4.69, 9.17) is 19.4 Å². The molecule has 3 N–H and O–H groups in total. The summed E-state index contributed by atoms with van der Waals surface area (Å²) >= 11 is 3.57. The molecule has 4 rings (SSSR count). The number of fused-ring (bicyclic) bond motifs is 1. The molecule has 0 saturated heterocycles.